The third-order valence-electron chi connectivity index (χ3n) is 1.58. The van der Waals surface area contributed by atoms with Gasteiger partial charge in [0.15, 0.2) is 5.78 Å². The molecule has 0 bridgehead atoms. The number of ketones is 1. The summed E-state index contributed by atoms with van der Waals surface area (Å²) >= 11 is 0. The van der Waals surface area contributed by atoms with Gasteiger partial charge in [0.2, 0.25) is 0 Å². The Morgan fingerprint density at radius 3 is 2.31 bits per heavy atom. The Bertz CT molecular complexity index is 303. The van der Waals surface area contributed by atoms with Gasteiger partial charge in [0.25, 0.3) is 0 Å². The number of carbonyl (C=O) groups excluding carboxylic acids is 1. The lowest BCUT2D eigenvalue weighted by Gasteiger charge is -2.01. The van der Waals surface area contributed by atoms with Crippen molar-refractivity contribution in [1.29, 1.82) is 0 Å². The van der Waals surface area contributed by atoms with E-state index in [1.165, 1.54) is 6.07 Å². The van der Waals surface area contributed by atoms with Gasteiger partial charge in [0, 0.05) is 6.42 Å². The predicted molar refractivity (Wildman–Crippen MR) is 42.4 cm³/mol. The third-order valence-corrected chi connectivity index (χ3v) is 1.58. The lowest BCUT2D eigenvalue weighted by molar-refractivity contribution is 0.0948. The van der Waals surface area contributed by atoms with Gasteiger partial charge < -0.3 is 5.11 Å². The Morgan fingerprint density at radius 2 is 1.85 bits per heavy atom. The van der Waals surface area contributed by atoms with Gasteiger partial charge in [0.1, 0.15) is 11.6 Å². The Kier molecular flexibility index (Phi) is 3.08. The highest BCUT2D eigenvalue weighted by atomic mass is 19.1. The predicted octanol–water partition coefficient (Wildman–Crippen LogP) is 1.53. The van der Waals surface area contributed by atoms with Gasteiger partial charge in [0.05, 0.1) is 12.2 Å². The van der Waals surface area contributed by atoms with Gasteiger partial charge in [-0.1, -0.05) is 6.07 Å². The average molecular weight is 186 g/mol. The number of hydrogen-bond donors (Lipinski definition) is 1. The van der Waals surface area contributed by atoms with Crippen molar-refractivity contribution in [2.24, 2.45) is 0 Å². The van der Waals surface area contributed by atoms with Crippen LogP contribution in [0.25, 0.3) is 0 Å². The van der Waals surface area contributed by atoms with Crippen LogP contribution in [-0.4, -0.2) is 17.5 Å². The second-order valence-corrected chi connectivity index (χ2v) is 2.49. The number of carbonyl (C=O) groups is 1. The molecule has 0 unspecified atom stereocenters. The zero-order valence-corrected chi connectivity index (χ0v) is 6.76. The summed E-state index contributed by atoms with van der Waals surface area (Å²) in [4.78, 5) is 11.0. The van der Waals surface area contributed by atoms with E-state index < -0.39 is 29.6 Å². The highest BCUT2D eigenvalue weighted by Crippen LogP contribution is 2.13. The van der Waals surface area contributed by atoms with Crippen LogP contribution < -0.4 is 0 Å². The molecule has 0 spiro atoms. The summed E-state index contributed by atoms with van der Waals surface area (Å²) in [5, 5.41) is 8.41. The first kappa shape index (κ1) is 9.80. The molecule has 0 fully saturated rings. The molecule has 1 rings (SSSR count). The van der Waals surface area contributed by atoms with Crippen LogP contribution >= 0.6 is 0 Å². The second kappa shape index (κ2) is 4.09. The Morgan fingerprint density at radius 1 is 1.31 bits per heavy atom. The van der Waals surface area contributed by atoms with Crippen LogP contribution in [0, 0.1) is 11.6 Å². The first-order chi connectivity index (χ1) is 6.16. The van der Waals surface area contributed by atoms with Crippen LogP contribution in [0.2, 0.25) is 0 Å². The molecule has 0 aromatic heterocycles. The topological polar surface area (TPSA) is 37.3 Å². The van der Waals surface area contributed by atoms with Crippen LogP contribution in [0.4, 0.5) is 8.78 Å². The summed E-state index contributed by atoms with van der Waals surface area (Å²) in [7, 11) is 0. The molecule has 2 nitrogen and oxygen atoms in total. The maximum Gasteiger partial charge on any atom is 0.171 e. The Hall–Kier alpha value is -1.29. The highest BCUT2D eigenvalue weighted by molar-refractivity contribution is 5.96. The van der Waals surface area contributed by atoms with Crippen molar-refractivity contribution >= 4 is 5.78 Å². The van der Waals surface area contributed by atoms with Crippen LogP contribution in [0.3, 0.4) is 0 Å². The van der Waals surface area contributed by atoms with Crippen LogP contribution in [0.15, 0.2) is 18.2 Å². The summed E-state index contributed by atoms with van der Waals surface area (Å²) < 4.78 is 25.8. The Labute approximate surface area is 73.8 Å². The standard InChI is InChI=1S/C9H8F2O2/c10-6-2-1-3-7(11)9(6)8(13)4-5-12/h1-3,12H,4-5H2. The molecule has 70 valence electrons. The normalized spacial score (nSPS) is 10.1. The molecule has 1 aromatic carbocycles. The molecule has 0 aliphatic rings. The summed E-state index contributed by atoms with van der Waals surface area (Å²) in [6, 6.07) is 3.20. The molecular weight excluding hydrogens is 178 g/mol. The van der Waals surface area contributed by atoms with E-state index in [0.29, 0.717) is 0 Å². The van der Waals surface area contributed by atoms with E-state index >= 15 is 0 Å². The van der Waals surface area contributed by atoms with E-state index in [9.17, 15) is 13.6 Å². The number of benzene rings is 1. The van der Waals surface area contributed by atoms with Crippen molar-refractivity contribution in [2.45, 2.75) is 6.42 Å². The van der Waals surface area contributed by atoms with Gasteiger partial charge >= 0.3 is 0 Å². The minimum atomic E-state index is -0.890. The zero-order chi connectivity index (χ0) is 9.84. The molecule has 13 heavy (non-hydrogen) atoms. The number of aliphatic hydroxyl groups excluding tert-OH is 1. The van der Waals surface area contributed by atoms with Crippen molar-refractivity contribution in [1.82, 2.24) is 0 Å². The fraction of sp³-hybridized carbons (Fsp3) is 0.222. The molecule has 0 saturated carbocycles. The maximum atomic E-state index is 12.9. The number of hydrogen-bond acceptors (Lipinski definition) is 2. The first-order valence-corrected chi connectivity index (χ1v) is 3.75. The molecule has 0 radical (unpaired) electrons. The molecule has 1 N–H and O–H groups in total. The van der Waals surface area contributed by atoms with Crippen LogP contribution in [0.5, 0.6) is 0 Å². The summed E-state index contributed by atoms with van der Waals surface area (Å²) in [6.45, 7) is -0.410. The third kappa shape index (κ3) is 2.09. The smallest absolute Gasteiger partial charge is 0.171 e. The van der Waals surface area contributed by atoms with Crippen molar-refractivity contribution in [3.63, 3.8) is 0 Å². The van der Waals surface area contributed by atoms with Crippen molar-refractivity contribution < 1.29 is 18.7 Å². The molecule has 0 atom stereocenters. The van der Waals surface area contributed by atoms with Crippen molar-refractivity contribution in [3.05, 3.63) is 35.4 Å². The van der Waals surface area contributed by atoms with Gasteiger partial charge in [-0.25, -0.2) is 8.78 Å². The zero-order valence-electron chi connectivity index (χ0n) is 6.76. The lowest BCUT2D eigenvalue weighted by Crippen LogP contribution is -2.07. The number of halogens is 2. The quantitative estimate of drug-likeness (QED) is 0.727. The fourth-order valence-electron chi connectivity index (χ4n) is 0.991. The van der Waals surface area contributed by atoms with Crippen molar-refractivity contribution in [3.8, 4) is 0 Å². The fourth-order valence-corrected chi connectivity index (χ4v) is 0.991. The second-order valence-electron chi connectivity index (χ2n) is 2.49. The molecule has 0 aliphatic heterocycles. The monoisotopic (exact) mass is 186 g/mol. The molecular formula is C9H8F2O2. The van der Waals surface area contributed by atoms with Gasteiger partial charge in [-0.2, -0.15) is 0 Å². The van der Waals surface area contributed by atoms with Gasteiger partial charge in [-0.15, -0.1) is 0 Å². The first-order valence-electron chi connectivity index (χ1n) is 3.75. The minimum Gasteiger partial charge on any atom is -0.396 e. The number of aliphatic hydroxyl groups is 1. The summed E-state index contributed by atoms with van der Waals surface area (Å²) in [6.07, 6.45) is -0.266. The molecule has 4 heteroatoms. The Balaban J connectivity index is 3.05. The molecule has 0 amide bonds. The summed E-state index contributed by atoms with van der Waals surface area (Å²) in [5.74, 6) is -2.50. The number of rotatable bonds is 3. The molecule has 0 aliphatic carbocycles. The van der Waals surface area contributed by atoms with E-state index in [4.69, 9.17) is 5.11 Å². The molecule has 0 saturated heterocycles. The molecule has 1 aromatic rings. The van der Waals surface area contributed by atoms with Crippen LogP contribution in [0.1, 0.15) is 16.8 Å². The SMILES string of the molecule is O=C(CCO)c1c(F)cccc1F. The average Bonchev–Trinajstić information content (AvgIpc) is 2.04. The van der Waals surface area contributed by atoms with E-state index in [2.05, 4.69) is 0 Å². The van der Waals surface area contributed by atoms with Crippen molar-refractivity contribution in [2.75, 3.05) is 6.61 Å². The molecule has 0 heterocycles. The maximum absolute atomic E-state index is 12.9. The van der Waals surface area contributed by atoms with Gasteiger partial charge in [-0.3, -0.25) is 4.79 Å². The largest absolute Gasteiger partial charge is 0.396 e. The van der Waals surface area contributed by atoms with E-state index in [1.54, 1.807) is 0 Å². The van der Waals surface area contributed by atoms with Gasteiger partial charge in [-0.05, 0) is 12.1 Å². The van der Waals surface area contributed by atoms with E-state index in [-0.39, 0.29) is 6.42 Å². The lowest BCUT2D eigenvalue weighted by atomic mass is 10.1. The van der Waals surface area contributed by atoms with E-state index in [1.807, 2.05) is 0 Å². The highest BCUT2D eigenvalue weighted by Gasteiger charge is 2.15. The number of Topliss-reactive ketones (excluding diaryl/α,β-unsaturated/α-hetero) is 1. The van der Waals surface area contributed by atoms with E-state index in [0.717, 1.165) is 12.1 Å². The minimum absolute atomic E-state index is 0.266. The van der Waals surface area contributed by atoms with Crippen LogP contribution in [-0.2, 0) is 0 Å². The summed E-state index contributed by atoms with van der Waals surface area (Å²) in [5.41, 5.74) is -0.573.